The maximum atomic E-state index is 12.5. The van der Waals surface area contributed by atoms with Crippen LogP contribution in [0.1, 0.15) is 25.6 Å². The van der Waals surface area contributed by atoms with Crippen LogP contribution < -0.4 is 10.6 Å². The molecular formula is C18H12Cl2N2O3S2. The van der Waals surface area contributed by atoms with Crippen LogP contribution in [-0.4, -0.2) is 22.1 Å². The molecule has 138 valence electrons. The lowest BCUT2D eigenvalue weighted by Crippen LogP contribution is -2.34. The van der Waals surface area contributed by atoms with Crippen LogP contribution in [0.5, 0.6) is 0 Å². The summed E-state index contributed by atoms with van der Waals surface area (Å²) in [6.45, 7) is 1.66. The average molecular weight is 439 g/mol. The fourth-order valence-corrected chi connectivity index (χ4v) is 4.39. The van der Waals surface area contributed by atoms with E-state index in [1.807, 2.05) is 0 Å². The van der Waals surface area contributed by atoms with E-state index >= 15 is 0 Å². The zero-order chi connectivity index (χ0) is 19.7. The molecule has 0 spiro atoms. The van der Waals surface area contributed by atoms with Gasteiger partial charge in [0.2, 0.25) is 0 Å². The first-order chi connectivity index (χ1) is 12.8. The van der Waals surface area contributed by atoms with Gasteiger partial charge in [-0.3, -0.25) is 10.1 Å². The zero-order valence-corrected chi connectivity index (χ0v) is 16.9. The Bertz CT molecular complexity index is 1100. The minimum atomic E-state index is -1.04. The predicted molar refractivity (Wildman–Crippen MR) is 114 cm³/mol. The summed E-state index contributed by atoms with van der Waals surface area (Å²) in [5.41, 5.74) is 1.16. The summed E-state index contributed by atoms with van der Waals surface area (Å²) in [5.74, 6) is -1.50. The maximum absolute atomic E-state index is 12.5. The van der Waals surface area contributed by atoms with Crippen molar-refractivity contribution in [2.45, 2.75) is 6.92 Å². The molecule has 0 radical (unpaired) electrons. The van der Waals surface area contributed by atoms with E-state index < -0.39 is 11.9 Å². The molecular weight excluding hydrogens is 427 g/mol. The fraction of sp³-hybridized carbons (Fsp3) is 0.0556. The number of carbonyl (C=O) groups excluding carboxylic acids is 1. The molecule has 0 aliphatic heterocycles. The summed E-state index contributed by atoms with van der Waals surface area (Å²) in [6.07, 6.45) is 0. The second-order valence-electron chi connectivity index (χ2n) is 5.58. The van der Waals surface area contributed by atoms with Gasteiger partial charge in [-0.2, -0.15) is 0 Å². The number of carboxylic acids is 1. The Morgan fingerprint density at radius 1 is 1.19 bits per heavy atom. The van der Waals surface area contributed by atoms with Gasteiger partial charge in [-0.25, -0.2) is 4.79 Å². The van der Waals surface area contributed by atoms with Crippen LogP contribution in [0.15, 0.2) is 36.4 Å². The Labute approximate surface area is 173 Å². The third-order valence-electron chi connectivity index (χ3n) is 3.84. The summed E-state index contributed by atoms with van der Waals surface area (Å²) in [5, 5.41) is 16.3. The molecule has 0 aliphatic rings. The molecule has 1 heterocycles. The van der Waals surface area contributed by atoms with E-state index in [0.717, 1.165) is 10.1 Å². The van der Waals surface area contributed by atoms with Gasteiger partial charge in [-0.1, -0.05) is 35.3 Å². The van der Waals surface area contributed by atoms with Gasteiger partial charge < -0.3 is 10.4 Å². The molecule has 3 aromatic rings. The molecule has 0 aliphatic carbocycles. The van der Waals surface area contributed by atoms with Crippen LogP contribution >= 0.6 is 46.8 Å². The Balaban J connectivity index is 1.79. The molecule has 3 N–H and O–H groups in total. The quantitative estimate of drug-likeness (QED) is 0.480. The van der Waals surface area contributed by atoms with E-state index in [1.165, 1.54) is 17.4 Å². The molecule has 1 amide bonds. The van der Waals surface area contributed by atoms with Crippen molar-refractivity contribution in [1.29, 1.82) is 0 Å². The number of nitrogens with one attached hydrogen (secondary N) is 2. The number of fused-ring (bicyclic) bond motifs is 1. The van der Waals surface area contributed by atoms with Gasteiger partial charge in [0, 0.05) is 20.8 Å². The van der Waals surface area contributed by atoms with Crippen molar-refractivity contribution in [1.82, 2.24) is 5.32 Å². The van der Waals surface area contributed by atoms with Crippen LogP contribution in [0, 0.1) is 6.92 Å². The molecule has 0 saturated heterocycles. The first-order valence-electron chi connectivity index (χ1n) is 7.60. The van der Waals surface area contributed by atoms with Gasteiger partial charge in [0.25, 0.3) is 5.91 Å². The number of rotatable bonds is 3. The van der Waals surface area contributed by atoms with E-state index in [2.05, 4.69) is 10.6 Å². The number of thiocarbonyl (C=S) groups is 1. The highest BCUT2D eigenvalue weighted by Crippen LogP contribution is 2.36. The largest absolute Gasteiger partial charge is 0.478 e. The number of hydrogen-bond acceptors (Lipinski definition) is 4. The van der Waals surface area contributed by atoms with Crippen molar-refractivity contribution in [3.8, 4) is 0 Å². The monoisotopic (exact) mass is 438 g/mol. The Hall–Kier alpha value is -2.19. The standard InChI is InChI=1S/C18H12Cl2N2O3S2/c1-8-10(17(24)25)3-2-4-12(8)21-18(26)22-16(23)15-14(20)11-6-5-9(19)7-13(11)27-15/h2-7H,1H3,(H,24,25)(H2,21,22,23,26). The second kappa shape index (κ2) is 7.82. The van der Waals surface area contributed by atoms with Crippen molar-refractivity contribution in [3.63, 3.8) is 0 Å². The summed E-state index contributed by atoms with van der Waals surface area (Å²) < 4.78 is 0.793. The topological polar surface area (TPSA) is 78.4 Å². The Morgan fingerprint density at radius 2 is 1.93 bits per heavy atom. The summed E-state index contributed by atoms with van der Waals surface area (Å²) in [6, 6.07) is 9.96. The maximum Gasteiger partial charge on any atom is 0.336 e. The van der Waals surface area contributed by atoms with Crippen LogP contribution in [0.25, 0.3) is 10.1 Å². The number of hydrogen-bond donors (Lipinski definition) is 3. The molecule has 0 saturated carbocycles. The van der Waals surface area contributed by atoms with E-state index in [4.69, 9.17) is 35.4 Å². The Morgan fingerprint density at radius 3 is 2.63 bits per heavy atom. The second-order valence-corrected chi connectivity index (χ2v) is 7.85. The fourth-order valence-electron chi connectivity index (χ4n) is 2.50. The molecule has 3 rings (SSSR count). The van der Waals surface area contributed by atoms with Gasteiger partial charge in [-0.05, 0) is 49.0 Å². The average Bonchev–Trinajstić information content (AvgIpc) is 2.92. The number of carboxylic acid groups (broad SMARTS) is 1. The summed E-state index contributed by atoms with van der Waals surface area (Å²) >= 11 is 18.7. The molecule has 2 aromatic carbocycles. The van der Waals surface area contributed by atoms with Crippen molar-refractivity contribution in [3.05, 3.63) is 62.4 Å². The molecule has 0 bridgehead atoms. The van der Waals surface area contributed by atoms with Gasteiger partial charge in [0.15, 0.2) is 5.11 Å². The first kappa shape index (κ1) is 19.6. The number of thiophene rings is 1. The molecule has 0 unspecified atom stereocenters. The normalized spacial score (nSPS) is 10.6. The predicted octanol–water partition coefficient (Wildman–Crippen LogP) is 5.34. The highest BCUT2D eigenvalue weighted by atomic mass is 35.5. The van der Waals surface area contributed by atoms with Crippen molar-refractivity contribution < 1.29 is 14.7 Å². The number of aromatic carboxylic acids is 1. The molecule has 9 heteroatoms. The number of carbonyl (C=O) groups is 2. The van der Waals surface area contributed by atoms with E-state index in [-0.39, 0.29) is 10.7 Å². The first-order valence-corrected chi connectivity index (χ1v) is 9.58. The molecule has 0 atom stereocenters. The van der Waals surface area contributed by atoms with Gasteiger partial charge >= 0.3 is 5.97 Å². The lowest BCUT2D eigenvalue weighted by atomic mass is 10.1. The van der Waals surface area contributed by atoms with Gasteiger partial charge in [0.05, 0.1) is 10.6 Å². The van der Waals surface area contributed by atoms with Crippen molar-refractivity contribution >= 4 is 79.5 Å². The lowest BCUT2D eigenvalue weighted by molar-refractivity contribution is 0.0696. The van der Waals surface area contributed by atoms with Crippen LogP contribution in [0.2, 0.25) is 10.0 Å². The number of amides is 1. The highest BCUT2D eigenvalue weighted by Gasteiger charge is 2.19. The van der Waals surface area contributed by atoms with Crippen molar-refractivity contribution in [2.75, 3.05) is 5.32 Å². The summed E-state index contributed by atoms with van der Waals surface area (Å²) in [7, 11) is 0. The third kappa shape index (κ3) is 4.06. The lowest BCUT2D eigenvalue weighted by Gasteiger charge is -2.12. The number of anilines is 1. The third-order valence-corrected chi connectivity index (χ3v) is 5.93. The summed E-state index contributed by atoms with van der Waals surface area (Å²) in [4.78, 5) is 24.1. The van der Waals surface area contributed by atoms with Crippen LogP contribution in [0.4, 0.5) is 5.69 Å². The SMILES string of the molecule is Cc1c(NC(=S)NC(=O)c2sc3cc(Cl)ccc3c2Cl)cccc1C(=O)O. The minimum Gasteiger partial charge on any atom is -0.478 e. The zero-order valence-electron chi connectivity index (χ0n) is 13.8. The van der Waals surface area contributed by atoms with Crippen LogP contribution in [-0.2, 0) is 0 Å². The van der Waals surface area contributed by atoms with Crippen LogP contribution in [0.3, 0.4) is 0 Å². The smallest absolute Gasteiger partial charge is 0.336 e. The van der Waals surface area contributed by atoms with Gasteiger partial charge in [0.1, 0.15) is 4.88 Å². The number of halogens is 2. The molecule has 5 nitrogen and oxygen atoms in total. The van der Waals surface area contributed by atoms with Gasteiger partial charge in [-0.15, -0.1) is 11.3 Å². The van der Waals surface area contributed by atoms with Crippen molar-refractivity contribution in [2.24, 2.45) is 0 Å². The van der Waals surface area contributed by atoms with E-state index in [1.54, 1.807) is 37.3 Å². The molecule has 0 fully saturated rings. The highest BCUT2D eigenvalue weighted by molar-refractivity contribution is 7.80. The molecule has 27 heavy (non-hydrogen) atoms. The number of benzene rings is 2. The van der Waals surface area contributed by atoms with E-state index in [9.17, 15) is 14.7 Å². The minimum absolute atomic E-state index is 0.0391. The van der Waals surface area contributed by atoms with E-state index in [0.29, 0.717) is 26.2 Å². The Kier molecular flexibility index (Phi) is 5.67. The molecule has 1 aromatic heterocycles.